The van der Waals surface area contributed by atoms with Crippen molar-refractivity contribution < 1.29 is 0 Å². The molecule has 4 rings (SSSR count). The van der Waals surface area contributed by atoms with E-state index in [0.717, 1.165) is 31.6 Å². The van der Waals surface area contributed by atoms with Gasteiger partial charge >= 0.3 is 0 Å². The molecule has 3 N–H and O–H groups in total. The number of benzene rings is 3. The first-order chi connectivity index (χ1) is 17.0. The first-order valence-electron chi connectivity index (χ1n) is 12.0. The average molecular weight is 490 g/mol. The summed E-state index contributed by atoms with van der Waals surface area (Å²) >= 11 is 6.27. The van der Waals surface area contributed by atoms with Crippen LogP contribution in [0.15, 0.2) is 77.6 Å². The summed E-state index contributed by atoms with van der Waals surface area (Å²) < 4.78 is 1.59. The molecule has 0 amide bonds. The third kappa shape index (κ3) is 5.90. The summed E-state index contributed by atoms with van der Waals surface area (Å²) in [6, 6.07) is 23.3. The lowest BCUT2D eigenvalue weighted by molar-refractivity contribution is 0.171. The van der Waals surface area contributed by atoms with Gasteiger partial charge in [0, 0.05) is 18.1 Å². The Bertz CT molecular complexity index is 1320. The van der Waals surface area contributed by atoms with E-state index in [1.165, 1.54) is 11.1 Å². The standard InChI is InChI=1S/C28H32ClN5O/c1-3-26(33(17-7-16-30)19-21-12-10-20(2)11-13-21)27-31-25-18-22(29)14-15-24(25)28(35)34(27)32-23-8-5-4-6-9-23/h4-6,8-15,18,26,32H,3,7,16-17,19,30H2,1-2H3. The zero-order valence-electron chi connectivity index (χ0n) is 20.2. The molecule has 1 aromatic heterocycles. The molecule has 0 aliphatic heterocycles. The average Bonchev–Trinajstić information content (AvgIpc) is 2.86. The van der Waals surface area contributed by atoms with Crippen LogP contribution in [0.1, 0.15) is 42.8 Å². The van der Waals surface area contributed by atoms with Crippen molar-refractivity contribution in [1.29, 1.82) is 0 Å². The highest BCUT2D eigenvalue weighted by atomic mass is 35.5. The van der Waals surface area contributed by atoms with Gasteiger partial charge in [-0.15, -0.1) is 0 Å². The van der Waals surface area contributed by atoms with Gasteiger partial charge in [0.15, 0.2) is 0 Å². The number of nitrogens with zero attached hydrogens (tertiary/aromatic N) is 3. The number of hydrogen-bond acceptors (Lipinski definition) is 5. The Labute approximate surface area is 211 Å². The molecule has 182 valence electrons. The van der Waals surface area contributed by atoms with E-state index in [9.17, 15) is 4.79 Å². The molecule has 1 unspecified atom stereocenters. The second-order valence-corrected chi connectivity index (χ2v) is 9.21. The predicted molar refractivity (Wildman–Crippen MR) is 145 cm³/mol. The van der Waals surface area contributed by atoms with E-state index in [4.69, 9.17) is 22.3 Å². The molecule has 0 aliphatic carbocycles. The van der Waals surface area contributed by atoms with Gasteiger partial charge in [-0.3, -0.25) is 15.1 Å². The van der Waals surface area contributed by atoms with E-state index in [-0.39, 0.29) is 11.6 Å². The fourth-order valence-corrected chi connectivity index (χ4v) is 4.49. The van der Waals surface area contributed by atoms with Crippen LogP contribution in [-0.2, 0) is 6.54 Å². The predicted octanol–water partition coefficient (Wildman–Crippen LogP) is 5.54. The molecule has 6 nitrogen and oxygen atoms in total. The molecular weight excluding hydrogens is 458 g/mol. The smallest absolute Gasteiger partial charge is 0.280 e. The number of hydrogen-bond donors (Lipinski definition) is 2. The third-order valence-corrected chi connectivity index (χ3v) is 6.39. The molecule has 0 bridgehead atoms. The highest BCUT2D eigenvalue weighted by Gasteiger charge is 2.25. The maximum absolute atomic E-state index is 13.7. The summed E-state index contributed by atoms with van der Waals surface area (Å²) in [5.74, 6) is 0.653. The van der Waals surface area contributed by atoms with E-state index in [0.29, 0.717) is 28.3 Å². The van der Waals surface area contributed by atoms with Gasteiger partial charge in [-0.05, 0) is 62.2 Å². The molecule has 4 aromatic rings. The number of rotatable bonds is 10. The lowest BCUT2D eigenvalue weighted by Gasteiger charge is -2.32. The lowest BCUT2D eigenvalue weighted by Crippen LogP contribution is -2.38. The van der Waals surface area contributed by atoms with Gasteiger partial charge in [0.05, 0.1) is 22.6 Å². The molecule has 1 heterocycles. The van der Waals surface area contributed by atoms with Crippen molar-refractivity contribution in [3.05, 3.63) is 105 Å². The Morgan fingerprint density at radius 1 is 1.09 bits per heavy atom. The van der Waals surface area contributed by atoms with Crippen LogP contribution in [-0.4, -0.2) is 27.6 Å². The molecule has 35 heavy (non-hydrogen) atoms. The summed E-state index contributed by atoms with van der Waals surface area (Å²) in [5, 5.41) is 1.07. The fourth-order valence-electron chi connectivity index (χ4n) is 4.32. The van der Waals surface area contributed by atoms with Gasteiger partial charge in [-0.1, -0.05) is 66.6 Å². The van der Waals surface area contributed by atoms with Crippen molar-refractivity contribution in [3.8, 4) is 0 Å². The second kappa shape index (κ2) is 11.5. The van der Waals surface area contributed by atoms with E-state index in [2.05, 4.69) is 48.4 Å². The highest BCUT2D eigenvalue weighted by molar-refractivity contribution is 6.31. The topological polar surface area (TPSA) is 76.2 Å². The number of fused-ring (bicyclic) bond motifs is 1. The van der Waals surface area contributed by atoms with Gasteiger partial charge in [0.2, 0.25) is 0 Å². The largest absolute Gasteiger partial charge is 0.330 e. The van der Waals surface area contributed by atoms with Crippen LogP contribution in [0.5, 0.6) is 0 Å². The molecule has 1 atom stereocenters. The number of halogens is 1. The van der Waals surface area contributed by atoms with Crippen molar-refractivity contribution in [2.24, 2.45) is 5.73 Å². The molecule has 7 heteroatoms. The minimum atomic E-state index is -0.155. The van der Waals surface area contributed by atoms with Crippen molar-refractivity contribution >= 4 is 28.2 Å². The molecule has 3 aromatic carbocycles. The maximum Gasteiger partial charge on any atom is 0.280 e. The van der Waals surface area contributed by atoms with Crippen LogP contribution in [0.25, 0.3) is 10.9 Å². The van der Waals surface area contributed by atoms with E-state index >= 15 is 0 Å². The summed E-state index contributed by atoms with van der Waals surface area (Å²) in [7, 11) is 0. The number of aromatic nitrogens is 2. The number of nitrogens with two attached hydrogens (primary N) is 1. The Balaban J connectivity index is 1.84. The first kappa shape index (κ1) is 24.9. The van der Waals surface area contributed by atoms with Gasteiger partial charge in [-0.25, -0.2) is 9.66 Å². The van der Waals surface area contributed by atoms with Gasteiger partial charge < -0.3 is 5.73 Å². The SMILES string of the molecule is CCC(c1nc2cc(Cl)ccc2c(=O)n1Nc1ccccc1)N(CCCN)Cc1ccc(C)cc1. The first-order valence-corrected chi connectivity index (χ1v) is 12.4. The van der Waals surface area contributed by atoms with Gasteiger partial charge in [0.1, 0.15) is 5.82 Å². The van der Waals surface area contributed by atoms with Crippen molar-refractivity contribution in [2.75, 3.05) is 18.5 Å². The van der Waals surface area contributed by atoms with Crippen LogP contribution < -0.4 is 16.7 Å². The Kier molecular flexibility index (Phi) is 8.18. The molecular formula is C28H32ClN5O. The third-order valence-electron chi connectivity index (χ3n) is 6.15. The maximum atomic E-state index is 13.7. The summed E-state index contributed by atoms with van der Waals surface area (Å²) in [6.45, 7) is 6.32. The molecule has 0 radical (unpaired) electrons. The fraction of sp³-hybridized carbons (Fsp3) is 0.286. The Morgan fingerprint density at radius 2 is 1.83 bits per heavy atom. The van der Waals surface area contributed by atoms with Crippen LogP contribution >= 0.6 is 11.6 Å². The molecule has 0 spiro atoms. The van der Waals surface area contributed by atoms with Crippen molar-refractivity contribution in [1.82, 2.24) is 14.6 Å². The minimum absolute atomic E-state index is 0.116. The van der Waals surface area contributed by atoms with E-state index in [1.54, 1.807) is 22.9 Å². The zero-order chi connectivity index (χ0) is 24.8. The van der Waals surface area contributed by atoms with Gasteiger partial charge in [-0.2, -0.15) is 0 Å². The lowest BCUT2D eigenvalue weighted by atomic mass is 10.1. The molecule has 0 aliphatic rings. The number of nitrogens with one attached hydrogen (secondary N) is 1. The monoisotopic (exact) mass is 489 g/mol. The molecule has 0 fully saturated rings. The zero-order valence-corrected chi connectivity index (χ0v) is 21.0. The quantitative estimate of drug-likeness (QED) is 0.306. The molecule has 0 saturated heterocycles. The van der Waals surface area contributed by atoms with Crippen LogP contribution in [0.4, 0.5) is 5.69 Å². The summed E-state index contributed by atoms with van der Waals surface area (Å²) in [5.41, 5.74) is 12.9. The minimum Gasteiger partial charge on any atom is -0.330 e. The van der Waals surface area contributed by atoms with Crippen LogP contribution in [0, 0.1) is 6.92 Å². The van der Waals surface area contributed by atoms with Crippen molar-refractivity contribution in [2.45, 2.75) is 39.3 Å². The van der Waals surface area contributed by atoms with Crippen molar-refractivity contribution in [3.63, 3.8) is 0 Å². The highest BCUT2D eigenvalue weighted by Crippen LogP contribution is 2.27. The Morgan fingerprint density at radius 3 is 2.51 bits per heavy atom. The second-order valence-electron chi connectivity index (χ2n) is 8.77. The van der Waals surface area contributed by atoms with E-state index in [1.807, 2.05) is 30.3 Å². The normalized spacial score (nSPS) is 12.3. The van der Waals surface area contributed by atoms with Crippen LogP contribution in [0.2, 0.25) is 5.02 Å². The van der Waals surface area contributed by atoms with E-state index < -0.39 is 0 Å². The van der Waals surface area contributed by atoms with Crippen LogP contribution in [0.3, 0.4) is 0 Å². The Hall–Kier alpha value is -3.19. The number of para-hydroxylation sites is 1. The summed E-state index contributed by atoms with van der Waals surface area (Å²) in [6.07, 6.45) is 1.61. The number of anilines is 1. The molecule has 0 saturated carbocycles. The van der Waals surface area contributed by atoms with Gasteiger partial charge in [0.25, 0.3) is 5.56 Å². The number of aryl methyl sites for hydroxylation is 1. The summed E-state index contributed by atoms with van der Waals surface area (Å²) in [4.78, 5) is 21.0.